The maximum absolute atomic E-state index is 13.1. The highest BCUT2D eigenvalue weighted by molar-refractivity contribution is 5.80. The molecule has 5 heteroatoms. The first-order valence-electron chi connectivity index (χ1n) is 6.62. The highest BCUT2D eigenvalue weighted by atomic mass is 19.1. The zero-order chi connectivity index (χ0) is 14.8. The van der Waals surface area contributed by atoms with E-state index in [1.165, 1.54) is 12.1 Å². The SMILES string of the molecule is Cn1cc(-c2ccnc(CN)c2)c(-c2ccc(F)cc2)n1. The van der Waals surface area contributed by atoms with Crippen LogP contribution in [-0.2, 0) is 13.6 Å². The van der Waals surface area contributed by atoms with Gasteiger partial charge in [0.2, 0.25) is 0 Å². The zero-order valence-corrected chi connectivity index (χ0v) is 11.6. The molecule has 0 bridgehead atoms. The van der Waals surface area contributed by atoms with Crippen molar-refractivity contribution in [1.29, 1.82) is 0 Å². The Bertz CT molecular complexity index is 762. The number of aromatic nitrogens is 3. The van der Waals surface area contributed by atoms with E-state index in [1.807, 2.05) is 25.4 Å². The molecule has 0 aliphatic carbocycles. The van der Waals surface area contributed by atoms with E-state index in [1.54, 1.807) is 23.0 Å². The number of nitrogens with zero attached hydrogens (tertiary/aromatic N) is 3. The summed E-state index contributed by atoms with van der Waals surface area (Å²) in [5.41, 5.74) is 10.1. The van der Waals surface area contributed by atoms with Crippen LogP contribution in [0.3, 0.4) is 0 Å². The predicted molar refractivity (Wildman–Crippen MR) is 79.7 cm³/mol. The number of aryl methyl sites for hydroxylation is 1. The van der Waals surface area contributed by atoms with Crippen LogP contribution < -0.4 is 5.73 Å². The molecule has 0 aliphatic heterocycles. The summed E-state index contributed by atoms with van der Waals surface area (Å²) in [6, 6.07) is 10.2. The van der Waals surface area contributed by atoms with Gasteiger partial charge in [-0.1, -0.05) is 0 Å². The average Bonchev–Trinajstić information content (AvgIpc) is 2.90. The van der Waals surface area contributed by atoms with Crippen molar-refractivity contribution in [3.63, 3.8) is 0 Å². The monoisotopic (exact) mass is 282 g/mol. The second-order valence-corrected chi connectivity index (χ2v) is 4.81. The minimum Gasteiger partial charge on any atom is -0.325 e. The zero-order valence-electron chi connectivity index (χ0n) is 11.6. The van der Waals surface area contributed by atoms with E-state index in [9.17, 15) is 4.39 Å². The number of halogens is 1. The van der Waals surface area contributed by atoms with Gasteiger partial charge in [-0.2, -0.15) is 5.10 Å². The second kappa shape index (κ2) is 5.46. The van der Waals surface area contributed by atoms with Crippen LogP contribution in [0, 0.1) is 5.82 Å². The van der Waals surface area contributed by atoms with Crippen LogP contribution in [0.4, 0.5) is 4.39 Å². The number of hydrogen-bond donors (Lipinski definition) is 1. The Morgan fingerprint density at radius 1 is 1.14 bits per heavy atom. The number of benzene rings is 1. The molecule has 2 aromatic heterocycles. The minimum absolute atomic E-state index is 0.259. The Hall–Kier alpha value is -2.53. The maximum Gasteiger partial charge on any atom is 0.123 e. The lowest BCUT2D eigenvalue weighted by atomic mass is 10.0. The van der Waals surface area contributed by atoms with Crippen molar-refractivity contribution < 1.29 is 4.39 Å². The molecule has 0 saturated carbocycles. The molecule has 2 N–H and O–H groups in total. The summed E-state index contributed by atoms with van der Waals surface area (Å²) < 4.78 is 14.8. The molecule has 0 aliphatic rings. The van der Waals surface area contributed by atoms with Crippen LogP contribution in [-0.4, -0.2) is 14.8 Å². The maximum atomic E-state index is 13.1. The molecule has 1 aromatic carbocycles. The van der Waals surface area contributed by atoms with Crippen LogP contribution in [0.25, 0.3) is 22.4 Å². The third kappa shape index (κ3) is 2.68. The third-order valence-corrected chi connectivity index (χ3v) is 3.28. The van der Waals surface area contributed by atoms with Gasteiger partial charge in [0.05, 0.1) is 5.69 Å². The van der Waals surface area contributed by atoms with Gasteiger partial charge < -0.3 is 5.73 Å². The summed E-state index contributed by atoms with van der Waals surface area (Å²) in [5, 5.41) is 4.48. The summed E-state index contributed by atoms with van der Waals surface area (Å²) in [5.74, 6) is -0.259. The second-order valence-electron chi connectivity index (χ2n) is 4.81. The molecule has 2 heterocycles. The molecule has 0 fully saturated rings. The van der Waals surface area contributed by atoms with E-state index in [-0.39, 0.29) is 5.82 Å². The fraction of sp³-hybridized carbons (Fsp3) is 0.125. The molecule has 0 radical (unpaired) electrons. The molecule has 0 amide bonds. The van der Waals surface area contributed by atoms with Crippen molar-refractivity contribution in [2.45, 2.75) is 6.54 Å². The van der Waals surface area contributed by atoms with E-state index >= 15 is 0 Å². The number of pyridine rings is 1. The highest BCUT2D eigenvalue weighted by Gasteiger charge is 2.12. The molecule has 21 heavy (non-hydrogen) atoms. The van der Waals surface area contributed by atoms with Crippen molar-refractivity contribution in [2.75, 3.05) is 0 Å². The highest BCUT2D eigenvalue weighted by Crippen LogP contribution is 2.30. The van der Waals surface area contributed by atoms with E-state index in [0.717, 1.165) is 28.1 Å². The summed E-state index contributed by atoms with van der Waals surface area (Å²) in [6.45, 7) is 0.389. The normalized spacial score (nSPS) is 10.8. The van der Waals surface area contributed by atoms with E-state index in [2.05, 4.69) is 10.1 Å². The molecule has 3 aromatic rings. The summed E-state index contributed by atoms with van der Waals surface area (Å²) >= 11 is 0. The first kappa shape index (κ1) is 13.5. The molecule has 0 atom stereocenters. The fourth-order valence-corrected chi connectivity index (χ4v) is 2.28. The van der Waals surface area contributed by atoms with Crippen LogP contribution in [0.5, 0.6) is 0 Å². The average molecular weight is 282 g/mol. The lowest BCUT2D eigenvalue weighted by molar-refractivity contribution is 0.628. The molecule has 106 valence electrons. The lowest BCUT2D eigenvalue weighted by Gasteiger charge is -2.04. The van der Waals surface area contributed by atoms with Crippen LogP contribution in [0.1, 0.15) is 5.69 Å². The summed E-state index contributed by atoms with van der Waals surface area (Å²) in [4.78, 5) is 4.20. The largest absolute Gasteiger partial charge is 0.325 e. The van der Waals surface area contributed by atoms with Crippen LogP contribution >= 0.6 is 0 Å². The van der Waals surface area contributed by atoms with Crippen molar-refractivity contribution in [3.8, 4) is 22.4 Å². The summed E-state index contributed by atoms with van der Waals surface area (Å²) in [6.07, 6.45) is 3.67. The Labute approximate surface area is 122 Å². The fourth-order valence-electron chi connectivity index (χ4n) is 2.28. The molecular weight excluding hydrogens is 267 g/mol. The first-order valence-corrected chi connectivity index (χ1v) is 6.62. The van der Waals surface area contributed by atoms with Gasteiger partial charge >= 0.3 is 0 Å². The van der Waals surface area contributed by atoms with E-state index in [0.29, 0.717) is 6.54 Å². The Balaban J connectivity index is 2.13. The van der Waals surface area contributed by atoms with Gasteiger partial charge in [0.25, 0.3) is 0 Å². The number of nitrogens with two attached hydrogens (primary N) is 1. The quantitative estimate of drug-likeness (QED) is 0.803. The molecule has 3 rings (SSSR count). The Morgan fingerprint density at radius 2 is 1.90 bits per heavy atom. The minimum atomic E-state index is -0.259. The van der Waals surface area contributed by atoms with Crippen molar-refractivity contribution in [3.05, 3.63) is 60.3 Å². The standard InChI is InChI=1S/C16H15FN4/c1-21-10-15(12-6-7-19-14(8-12)9-18)16(20-21)11-2-4-13(17)5-3-11/h2-8,10H,9,18H2,1H3. The van der Waals surface area contributed by atoms with Crippen molar-refractivity contribution in [1.82, 2.24) is 14.8 Å². The van der Waals surface area contributed by atoms with E-state index in [4.69, 9.17) is 5.73 Å². The third-order valence-electron chi connectivity index (χ3n) is 3.28. The first-order chi connectivity index (χ1) is 10.2. The van der Waals surface area contributed by atoms with Crippen molar-refractivity contribution >= 4 is 0 Å². The predicted octanol–water partition coefficient (Wildman–Crippen LogP) is 2.75. The Morgan fingerprint density at radius 3 is 2.62 bits per heavy atom. The van der Waals surface area contributed by atoms with Gasteiger partial charge in [-0.3, -0.25) is 9.67 Å². The van der Waals surface area contributed by atoms with Gasteiger partial charge in [0.1, 0.15) is 11.5 Å². The van der Waals surface area contributed by atoms with Crippen molar-refractivity contribution in [2.24, 2.45) is 12.8 Å². The van der Waals surface area contributed by atoms with Crippen LogP contribution in [0.15, 0.2) is 48.8 Å². The summed E-state index contributed by atoms with van der Waals surface area (Å²) in [7, 11) is 1.86. The number of rotatable bonds is 3. The Kier molecular flexibility index (Phi) is 3.50. The topological polar surface area (TPSA) is 56.7 Å². The molecule has 0 spiro atoms. The molecule has 4 nitrogen and oxygen atoms in total. The number of hydrogen-bond acceptors (Lipinski definition) is 3. The van der Waals surface area contributed by atoms with Gasteiger partial charge in [0, 0.05) is 37.1 Å². The van der Waals surface area contributed by atoms with Gasteiger partial charge in [0.15, 0.2) is 0 Å². The molecule has 0 saturated heterocycles. The van der Waals surface area contributed by atoms with E-state index < -0.39 is 0 Å². The smallest absolute Gasteiger partial charge is 0.123 e. The van der Waals surface area contributed by atoms with Gasteiger partial charge in [-0.15, -0.1) is 0 Å². The molecular formula is C16H15FN4. The van der Waals surface area contributed by atoms with Crippen LogP contribution in [0.2, 0.25) is 0 Å². The lowest BCUT2D eigenvalue weighted by Crippen LogP contribution is -1.99. The van der Waals surface area contributed by atoms with Gasteiger partial charge in [-0.25, -0.2) is 4.39 Å². The molecule has 0 unspecified atom stereocenters. The van der Waals surface area contributed by atoms with Gasteiger partial charge in [-0.05, 0) is 42.0 Å².